The quantitative estimate of drug-likeness (QED) is 0.655. The third kappa shape index (κ3) is 2.67. The van der Waals surface area contributed by atoms with Gasteiger partial charge in [0.25, 0.3) is 0 Å². The Morgan fingerprint density at radius 1 is 1.20 bits per heavy atom. The number of thiophene rings is 2. The van der Waals surface area contributed by atoms with Gasteiger partial charge in [-0.25, -0.2) is 4.79 Å². The van der Waals surface area contributed by atoms with Gasteiger partial charge in [0.05, 0.1) is 29.9 Å². The summed E-state index contributed by atoms with van der Waals surface area (Å²) in [6, 6.07) is 8.20. The van der Waals surface area contributed by atoms with Gasteiger partial charge in [0, 0.05) is 12.8 Å². The van der Waals surface area contributed by atoms with Crippen LogP contribution in [0, 0.1) is 0 Å². The number of esters is 1. The molecule has 0 saturated carbocycles. The zero-order chi connectivity index (χ0) is 17.7. The maximum Gasteiger partial charge on any atom is 0.349 e. The molecule has 3 atom stereocenters. The van der Waals surface area contributed by atoms with Crippen LogP contribution in [0.15, 0.2) is 35.0 Å². The first-order valence-corrected chi connectivity index (χ1v) is 10.5. The lowest BCUT2D eigenvalue weighted by Crippen LogP contribution is -2.54. The molecular weight excluding hydrogens is 354 g/mol. The van der Waals surface area contributed by atoms with Crippen molar-refractivity contribution in [1.82, 2.24) is 0 Å². The highest BCUT2D eigenvalue weighted by Crippen LogP contribution is 2.43. The fourth-order valence-electron chi connectivity index (χ4n) is 4.57. The predicted molar refractivity (Wildman–Crippen MR) is 99.7 cm³/mol. The van der Waals surface area contributed by atoms with Crippen LogP contribution in [-0.4, -0.2) is 47.8 Å². The highest BCUT2D eigenvalue weighted by atomic mass is 32.1. The summed E-state index contributed by atoms with van der Waals surface area (Å²) in [4.78, 5) is 14.4. The maximum absolute atomic E-state index is 13.2. The Labute approximate surface area is 156 Å². The molecule has 6 heteroatoms. The van der Waals surface area contributed by atoms with Crippen LogP contribution in [0.1, 0.15) is 35.4 Å². The lowest BCUT2D eigenvalue weighted by molar-refractivity contribution is -0.931. The van der Waals surface area contributed by atoms with Crippen LogP contribution in [0.5, 0.6) is 0 Å². The molecule has 2 saturated heterocycles. The van der Waals surface area contributed by atoms with Crippen molar-refractivity contribution in [3.05, 3.63) is 44.8 Å². The predicted octanol–water partition coefficient (Wildman–Crippen LogP) is 3.36. The molecule has 0 aliphatic carbocycles. The molecule has 0 amide bonds. The van der Waals surface area contributed by atoms with E-state index in [2.05, 4.69) is 14.1 Å². The Morgan fingerprint density at radius 3 is 2.36 bits per heavy atom. The number of ether oxygens (including phenoxy) is 1. The third-order valence-corrected chi connectivity index (χ3v) is 8.03. The zero-order valence-corrected chi connectivity index (χ0v) is 16.2. The molecule has 25 heavy (non-hydrogen) atoms. The average molecular weight is 379 g/mol. The molecule has 4 heterocycles. The van der Waals surface area contributed by atoms with Crippen LogP contribution in [0.3, 0.4) is 0 Å². The van der Waals surface area contributed by atoms with Crippen LogP contribution < -0.4 is 0 Å². The molecule has 0 spiro atoms. The Morgan fingerprint density at radius 2 is 1.84 bits per heavy atom. The Bertz CT molecular complexity index is 705. The van der Waals surface area contributed by atoms with Crippen molar-refractivity contribution in [2.75, 3.05) is 14.1 Å². The van der Waals surface area contributed by atoms with Crippen molar-refractivity contribution in [3.8, 4) is 0 Å². The van der Waals surface area contributed by atoms with Crippen LogP contribution >= 0.6 is 22.7 Å². The second-order valence-corrected chi connectivity index (χ2v) is 9.52. The van der Waals surface area contributed by atoms with Crippen molar-refractivity contribution < 1.29 is 19.1 Å². The maximum atomic E-state index is 13.2. The van der Waals surface area contributed by atoms with Crippen molar-refractivity contribution in [1.29, 1.82) is 0 Å². The summed E-state index contributed by atoms with van der Waals surface area (Å²) in [7, 11) is 4.49. The van der Waals surface area contributed by atoms with Crippen molar-refractivity contribution >= 4 is 28.6 Å². The minimum Gasteiger partial charge on any atom is -0.453 e. The topological polar surface area (TPSA) is 46.5 Å². The number of carbonyl (C=O) groups is 1. The Kier molecular flexibility index (Phi) is 4.27. The Balaban J connectivity index is 1.63. The molecule has 2 aliphatic heterocycles. The number of nitrogens with zero attached hydrogens (tertiary/aromatic N) is 1. The molecule has 4 nitrogen and oxygen atoms in total. The number of fused-ring (bicyclic) bond motifs is 2. The fraction of sp³-hybridized carbons (Fsp3) is 0.526. The Hall–Kier alpha value is -1.21. The number of carbonyl (C=O) groups excluding carboxylic acids is 1. The van der Waals surface area contributed by atoms with Crippen LogP contribution in [0.4, 0.5) is 0 Å². The number of rotatable bonds is 4. The monoisotopic (exact) mass is 378 g/mol. The van der Waals surface area contributed by atoms with E-state index in [-0.39, 0.29) is 6.10 Å². The minimum absolute atomic E-state index is 0.110. The number of likely N-dealkylation sites (N-methyl/N-ethyl adjacent to an activating group) is 1. The molecule has 2 aliphatic rings. The van der Waals surface area contributed by atoms with E-state index >= 15 is 0 Å². The first kappa shape index (κ1) is 17.2. The summed E-state index contributed by atoms with van der Waals surface area (Å²) < 4.78 is 6.91. The van der Waals surface area contributed by atoms with Gasteiger partial charge in [0.2, 0.25) is 5.60 Å². The summed E-state index contributed by atoms with van der Waals surface area (Å²) in [5.74, 6) is -0.532. The van der Waals surface area contributed by atoms with E-state index in [9.17, 15) is 9.90 Å². The average Bonchev–Trinajstić information content (AvgIpc) is 3.29. The highest BCUT2D eigenvalue weighted by Gasteiger charge is 2.55. The molecular formula is C19H24NO3S2+. The number of hydrogen-bond acceptors (Lipinski definition) is 5. The normalized spacial score (nSPS) is 28.0. The largest absolute Gasteiger partial charge is 0.453 e. The zero-order valence-electron chi connectivity index (χ0n) is 14.6. The van der Waals surface area contributed by atoms with Gasteiger partial charge in [-0.15, -0.1) is 22.7 Å². The van der Waals surface area contributed by atoms with Crippen molar-refractivity contribution in [2.24, 2.45) is 0 Å². The van der Waals surface area contributed by atoms with Gasteiger partial charge in [0.1, 0.15) is 6.04 Å². The molecule has 1 N–H and O–H groups in total. The van der Waals surface area contributed by atoms with E-state index in [0.717, 1.165) is 17.3 Å². The molecule has 0 radical (unpaired) electrons. The van der Waals surface area contributed by atoms with Gasteiger partial charge < -0.3 is 14.3 Å². The van der Waals surface area contributed by atoms with Crippen LogP contribution in [-0.2, 0) is 15.1 Å². The number of aliphatic hydroxyl groups is 1. The molecule has 2 fully saturated rings. The van der Waals surface area contributed by atoms with E-state index in [1.807, 2.05) is 22.9 Å². The second-order valence-electron chi connectivity index (χ2n) is 7.63. The van der Waals surface area contributed by atoms with Gasteiger partial charge >= 0.3 is 5.97 Å². The molecule has 0 aromatic carbocycles. The van der Waals surface area contributed by atoms with Gasteiger partial charge in [0.15, 0.2) is 6.10 Å². The summed E-state index contributed by atoms with van der Waals surface area (Å²) >= 11 is 2.77. The van der Waals surface area contributed by atoms with E-state index in [4.69, 9.17) is 4.74 Å². The van der Waals surface area contributed by atoms with E-state index in [1.165, 1.54) is 35.5 Å². The number of hydrogen-bond donors (Lipinski definition) is 1. The van der Waals surface area contributed by atoms with Crippen LogP contribution in [0.2, 0.25) is 0 Å². The van der Waals surface area contributed by atoms with Gasteiger partial charge in [-0.3, -0.25) is 0 Å². The van der Waals surface area contributed by atoms with Crippen molar-refractivity contribution in [2.45, 2.75) is 49.5 Å². The summed E-state index contributed by atoms with van der Waals surface area (Å²) in [6.07, 6.45) is 4.26. The first-order valence-electron chi connectivity index (χ1n) is 8.79. The van der Waals surface area contributed by atoms with Gasteiger partial charge in [-0.1, -0.05) is 12.1 Å². The van der Waals surface area contributed by atoms with E-state index in [0.29, 0.717) is 21.8 Å². The fourth-order valence-corrected chi connectivity index (χ4v) is 6.28. The first-order chi connectivity index (χ1) is 11.9. The second kappa shape index (κ2) is 6.20. The number of piperidine rings is 1. The molecule has 2 aromatic rings. The highest BCUT2D eigenvalue weighted by molar-refractivity contribution is 7.12. The number of quaternary nitrogens is 1. The molecule has 4 rings (SSSR count). The standard InChI is InChI=1S/C19H24NO3S2/c1-20(2)13-6-3-7-14(20)15(12-13)23-18(21)19(22,16-8-4-10-24-16)17-9-5-11-25-17/h4-5,8-11,13-15,22H,3,6-7,12H2,1-2H3/q+1/t13?,14?,15-/m1/s1. The molecule has 2 aromatic heterocycles. The van der Waals surface area contributed by atoms with Gasteiger partial charge in [-0.2, -0.15) is 0 Å². The van der Waals surface area contributed by atoms with E-state index < -0.39 is 11.6 Å². The SMILES string of the molecule is C[N+]1(C)C2CCCC1[C@H](OC(=O)C(O)(c1cccs1)c1cccs1)C2. The molecule has 2 bridgehead atoms. The summed E-state index contributed by atoms with van der Waals surface area (Å²) in [6.45, 7) is 0. The summed E-state index contributed by atoms with van der Waals surface area (Å²) in [5.41, 5.74) is -1.70. The molecule has 2 unspecified atom stereocenters. The summed E-state index contributed by atoms with van der Waals surface area (Å²) in [5, 5.41) is 15.1. The molecule has 134 valence electrons. The minimum atomic E-state index is -1.70. The van der Waals surface area contributed by atoms with Crippen LogP contribution in [0.25, 0.3) is 0 Å². The smallest absolute Gasteiger partial charge is 0.349 e. The lowest BCUT2D eigenvalue weighted by atomic mass is 9.99. The third-order valence-electron chi connectivity index (χ3n) is 6.08. The van der Waals surface area contributed by atoms with Gasteiger partial charge in [-0.05, 0) is 35.7 Å². The van der Waals surface area contributed by atoms with Crippen molar-refractivity contribution in [3.63, 3.8) is 0 Å². The lowest BCUT2D eigenvalue weighted by Gasteiger charge is -2.41. The van der Waals surface area contributed by atoms with E-state index in [1.54, 1.807) is 12.1 Å².